The lowest BCUT2D eigenvalue weighted by Crippen LogP contribution is -2.09. The Kier molecular flexibility index (Phi) is 3.02. The van der Waals surface area contributed by atoms with Crippen LogP contribution in [0.5, 0.6) is 5.75 Å². The fraction of sp³-hybridized carbons (Fsp3) is 0.143. The largest absolute Gasteiger partial charge is 0.497 e. The predicted molar refractivity (Wildman–Crippen MR) is 83.9 cm³/mol. The standard InChI is InChI=1S/C14H12BrNO3S/c1-19-10-4-5-11-12-7-9(15)3-6-13(12)16(14(11)8-10)20(2,17)18/h3-8H,1-2H3. The maximum absolute atomic E-state index is 12.1. The summed E-state index contributed by atoms with van der Waals surface area (Å²) >= 11 is 3.42. The van der Waals surface area contributed by atoms with Crippen LogP contribution in [0.1, 0.15) is 0 Å². The van der Waals surface area contributed by atoms with Crippen molar-refractivity contribution in [2.75, 3.05) is 13.4 Å². The van der Waals surface area contributed by atoms with Crippen molar-refractivity contribution in [3.05, 3.63) is 40.9 Å². The van der Waals surface area contributed by atoms with Crippen LogP contribution in [0.25, 0.3) is 21.8 Å². The molecule has 0 saturated carbocycles. The summed E-state index contributed by atoms with van der Waals surface area (Å²) in [6.07, 6.45) is 1.20. The molecule has 0 aliphatic carbocycles. The maximum atomic E-state index is 12.1. The van der Waals surface area contributed by atoms with Crippen molar-refractivity contribution in [1.29, 1.82) is 0 Å². The number of halogens is 1. The summed E-state index contributed by atoms with van der Waals surface area (Å²) in [4.78, 5) is 0. The van der Waals surface area contributed by atoms with Crippen LogP contribution >= 0.6 is 15.9 Å². The van der Waals surface area contributed by atoms with Crippen LogP contribution in [0.4, 0.5) is 0 Å². The van der Waals surface area contributed by atoms with E-state index in [-0.39, 0.29) is 0 Å². The molecule has 3 aromatic rings. The van der Waals surface area contributed by atoms with E-state index in [2.05, 4.69) is 15.9 Å². The van der Waals surface area contributed by atoms with Crippen molar-refractivity contribution in [3.63, 3.8) is 0 Å². The molecule has 0 aliphatic heterocycles. The third-order valence-electron chi connectivity index (χ3n) is 3.22. The van der Waals surface area contributed by atoms with Crippen LogP contribution < -0.4 is 4.74 Å². The quantitative estimate of drug-likeness (QED) is 0.709. The zero-order valence-electron chi connectivity index (χ0n) is 10.9. The lowest BCUT2D eigenvalue weighted by molar-refractivity contribution is 0.415. The van der Waals surface area contributed by atoms with Gasteiger partial charge in [-0.25, -0.2) is 12.4 Å². The number of hydrogen-bond donors (Lipinski definition) is 0. The van der Waals surface area contributed by atoms with Gasteiger partial charge >= 0.3 is 0 Å². The number of benzene rings is 2. The highest BCUT2D eigenvalue weighted by molar-refractivity contribution is 9.10. The molecule has 0 saturated heterocycles. The van der Waals surface area contributed by atoms with E-state index in [1.54, 1.807) is 19.2 Å². The molecule has 1 heterocycles. The number of rotatable bonds is 2. The molecular weight excluding hydrogens is 342 g/mol. The minimum absolute atomic E-state index is 0.625. The lowest BCUT2D eigenvalue weighted by atomic mass is 10.1. The minimum Gasteiger partial charge on any atom is -0.497 e. The average Bonchev–Trinajstić information content (AvgIpc) is 2.71. The number of fused-ring (bicyclic) bond motifs is 3. The second-order valence-electron chi connectivity index (χ2n) is 4.57. The molecule has 4 nitrogen and oxygen atoms in total. The van der Waals surface area contributed by atoms with E-state index in [4.69, 9.17) is 4.74 Å². The fourth-order valence-electron chi connectivity index (χ4n) is 2.42. The number of aromatic nitrogens is 1. The summed E-state index contributed by atoms with van der Waals surface area (Å²) in [5, 5.41) is 1.77. The highest BCUT2D eigenvalue weighted by Crippen LogP contribution is 2.34. The molecule has 104 valence electrons. The molecule has 0 amide bonds. The molecule has 3 rings (SSSR count). The van der Waals surface area contributed by atoms with Crippen LogP contribution in [-0.2, 0) is 10.0 Å². The molecule has 2 aromatic carbocycles. The Labute approximate surface area is 125 Å². The van der Waals surface area contributed by atoms with Crippen molar-refractivity contribution in [1.82, 2.24) is 3.97 Å². The summed E-state index contributed by atoms with van der Waals surface area (Å²) in [6, 6.07) is 11.0. The van der Waals surface area contributed by atoms with E-state index in [0.29, 0.717) is 16.8 Å². The minimum atomic E-state index is -3.40. The topological polar surface area (TPSA) is 48.3 Å². The zero-order valence-corrected chi connectivity index (χ0v) is 13.3. The van der Waals surface area contributed by atoms with Crippen molar-refractivity contribution in [2.45, 2.75) is 0 Å². The van der Waals surface area contributed by atoms with Gasteiger partial charge < -0.3 is 4.74 Å². The molecule has 0 fully saturated rings. The molecule has 6 heteroatoms. The molecule has 1 aromatic heterocycles. The maximum Gasteiger partial charge on any atom is 0.236 e. The van der Waals surface area contributed by atoms with E-state index in [1.807, 2.05) is 24.3 Å². The first-order valence-electron chi connectivity index (χ1n) is 5.90. The van der Waals surface area contributed by atoms with Gasteiger partial charge in [0.1, 0.15) is 5.75 Å². The van der Waals surface area contributed by atoms with Crippen LogP contribution in [0.15, 0.2) is 40.9 Å². The van der Waals surface area contributed by atoms with Gasteiger partial charge in [-0.15, -0.1) is 0 Å². The number of ether oxygens (including phenoxy) is 1. The molecule has 20 heavy (non-hydrogen) atoms. The summed E-state index contributed by atoms with van der Waals surface area (Å²) in [6.45, 7) is 0. The van der Waals surface area contributed by atoms with Gasteiger partial charge in [-0.3, -0.25) is 0 Å². The van der Waals surface area contributed by atoms with Gasteiger partial charge in [0.25, 0.3) is 0 Å². The Hall–Kier alpha value is -1.53. The van der Waals surface area contributed by atoms with E-state index >= 15 is 0 Å². The molecule has 0 aliphatic rings. The van der Waals surface area contributed by atoms with Gasteiger partial charge in [0.2, 0.25) is 10.0 Å². The van der Waals surface area contributed by atoms with Gasteiger partial charge in [-0.1, -0.05) is 15.9 Å². The van der Waals surface area contributed by atoms with E-state index in [0.717, 1.165) is 15.2 Å². The van der Waals surface area contributed by atoms with Crippen LogP contribution in [-0.4, -0.2) is 25.8 Å². The van der Waals surface area contributed by atoms with Crippen LogP contribution in [0.2, 0.25) is 0 Å². The monoisotopic (exact) mass is 353 g/mol. The molecule has 0 bridgehead atoms. The van der Waals surface area contributed by atoms with Crippen molar-refractivity contribution in [2.24, 2.45) is 0 Å². The molecule has 0 spiro atoms. The van der Waals surface area contributed by atoms with E-state index in [9.17, 15) is 8.42 Å². The summed E-state index contributed by atoms with van der Waals surface area (Å²) in [5.74, 6) is 0.629. The normalized spacial score (nSPS) is 12.2. The Balaban J connectivity index is 2.60. The van der Waals surface area contributed by atoms with Crippen molar-refractivity contribution < 1.29 is 13.2 Å². The van der Waals surface area contributed by atoms with Crippen LogP contribution in [0, 0.1) is 0 Å². The Morgan fingerprint density at radius 3 is 2.45 bits per heavy atom. The first-order valence-corrected chi connectivity index (χ1v) is 8.54. The molecule has 0 atom stereocenters. The Morgan fingerprint density at radius 2 is 1.80 bits per heavy atom. The SMILES string of the molecule is COc1ccc2c3cc(Br)ccc3n(S(C)(=O)=O)c2c1. The molecular formula is C14H12BrNO3S. The van der Waals surface area contributed by atoms with Gasteiger partial charge in [-0.2, -0.15) is 0 Å². The number of methoxy groups -OCH3 is 1. The third-order valence-corrected chi connectivity index (χ3v) is 4.77. The number of hydrogen-bond acceptors (Lipinski definition) is 3. The summed E-state index contributed by atoms with van der Waals surface area (Å²) < 4.78 is 31.7. The molecule has 0 unspecified atom stereocenters. The zero-order chi connectivity index (χ0) is 14.5. The highest BCUT2D eigenvalue weighted by Gasteiger charge is 2.17. The first kappa shape index (κ1) is 13.5. The second-order valence-corrected chi connectivity index (χ2v) is 7.32. The Morgan fingerprint density at radius 1 is 1.05 bits per heavy atom. The first-order chi connectivity index (χ1) is 9.41. The summed E-state index contributed by atoms with van der Waals surface area (Å²) in [5.41, 5.74) is 1.29. The third kappa shape index (κ3) is 1.99. The lowest BCUT2D eigenvalue weighted by Gasteiger charge is -2.05. The fourth-order valence-corrected chi connectivity index (χ4v) is 3.81. The smallest absolute Gasteiger partial charge is 0.236 e. The highest BCUT2D eigenvalue weighted by atomic mass is 79.9. The van der Waals surface area contributed by atoms with Crippen LogP contribution in [0.3, 0.4) is 0 Å². The number of nitrogens with zero attached hydrogens (tertiary/aromatic N) is 1. The molecule has 0 radical (unpaired) electrons. The summed E-state index contributed by atoms with van der Waals surface area (Å²) in [7, 11) is -1.84. The van der Waals surface area contributed by atoms with E-state index in [1.165, 1.54) is 10.2 Å². The second kappa shape index (κ2) is 4.49. The molecule has 0 N–H and O–H groups in total. The van der Waals surface area contributed by atoms with Gasteiger partial charge in [0.15, 0.2) is 0 Å². The predicted octanol–water partition coefficient (Wildman–Crippen LogP) is 3.37. The van der Waals surface area contributed by atoms with E-state index < -0.39 is 10.0 Å². The van der Waals surface area contributed by atoms with Crippen molar-refractivity contribution >= 4 is 47.8 Å². The Bertz CT molecular complexity index is 928. The van der Waals surface area contributed by atoms with Crippen molar-refractivity contribution in [3.8, 4) is 5.75 Å². The van der Waals surface area contributed by atoms with Gasteiger partial charge in [0, 0.05) is 21.3 Å². The average molecular weight is 354 g/mol. The van der Waals surface area contributed by atoms with Gasteiger partial charge in [-0.05, 0) is 30.3 Å². The van der Waals surface area contributed by atoms with Gasteiger partial charge in [0.05, 0.1) is 24.4 Å².